The maximum absolute atomic E-state index is 12.6. The Hall–Kier alpha value is -3.08. The highest BCUT2D eigenvalue weighted by molar-refractivity contribution is 5.91. The number of ether oxygens (including phenoxy) is 2. The third-order valence-corrected chi connectivity index (χ3v) is 4.07. The quantitative estimate of drug-likeness (QED) is 0.634. The summed E-state index contributed by atoms with van der Waals surface area (Å²) in [6, 6.07) is 16.6. The van der Waals surface area contributed by atoms with Crippen molar-refractivity contribution in [3.63, 3.8) is 0 Å². The molecule has 134 valence electrons. The number of esters is 1. The molecule has 1 aromatic heterocycles. The first-order chi connectivity index (χ1) is 12.5. The van der Waals surface area contributed by atoms with Gasteiger partial charge >= 0.3 is 5.97 Å². The fourth-order valence-corrected chi connectivity index (χ4v) is 2.51. The molecule has 2 aromatic carbocycles. The zero-order valence-corrected chi connectivity index (χ0v) is 15.4. The van der Waals surface area contributed by atoms with Gasteiger partial charge in [-0.2, -0.15) is 5.10 Å². The van der Waals surface area contributed by atoms with Crippen LogP contribution in [-0.4, -0.2) is 22.9 Å². The third-order valence-electron chi connectivity index (χ3n) is 4.07. The lowest BCUT2D eigenvalue weighted by Gasteiger charge is -2.09. The molecule has 5 nitrogen and oxygen atoms in total. The van der Waals surface area contributed by atoms with Gasteiger partial charge in [0.2, 0.25) is 5.88 Å². The number of aromatic nitrogens is 2. The Morgan fingerprint density at radius 2 is 1.81 bits per heavy atom. The number of aryl methyl sites for hydroxylation is 1. The summed E-state index contributed by atoms with van der Waals surface area (Å²) in [6.45, 7) is 6.13. The molecule has 26 heavy (non-hydrogen) atoms. The highest BCUT2D eigenvalue weighted by Gasteiger charge is 2.17. The monoisotopic (exact) mass is 350 g/mol. The maximum atomic E-state index is 12.6. The van der Waals surface area contributed by atoms with E-state index in [0.29, 0.717) is 17.2 Å². The first-order valence-electron chi connectivity index (χ1n) is 8.51. The van der Waals surface area contributed by atoms with Gasteiger partial charge in [-0.05, 0) is 43.2 Å². The van der Waals surface area contributed by atoms with Crippen LogP contribution in [0.1, 0.15) is 41.4 Å². The van der Waals surface area contributed by atoms with Crippen molar-refractivity contribution in [2.45, 2.75) is 26.7 Å². The van der Waals surface area contributed by atoms with Gasteiger partial charge in [0, 0.05) is 6.07 Å². The molecular formula is C21H22N2O3. The van der Waals surface area contributed by atoms with E-state index in [1.807, 2.05) is 37.3 Å². The van der Waals surface area contributed by atoms with Crippen LogP contribution < -0.4 is 9.47 Å². The Morgan fingerprint density at radius 3 is 2.46 bits per heavy atom. The van der Waals surface area contributed by atoms with Crippen LogP contribution in [0.15, 0.2) is 54.6 Å². The standard InChI is InChI=1S/C21H22N2O3/c1-14(2)19-13-20(23(22-19)17-10-8-15(3)9-11-17)26-21(24)16-6-5-7-18(12-16)25-4/h5-14H,1-4H3. The van der Waals surface area contributed by atoms with E-state index in [1.165, 1.54) is 0 Å². The molecular weight excluding hydrogens is 328 g/mol. The topological polar surface area (TPSA) is 53.4 Å². The number of rotatable bonds is 5. The SMILES string of the molecule is COc1cccc(C(=O)Oc2cc(C(C)C)nn2-c2ccc(C)cc2)c1. The van der Waals surface area contributed by atoms with Gasteiger partial charge in [0.15, 0.2) is 0 Å². The Morgan fingerprint density at radius 1 is 1.08 bits per heavy atom. The van der Waals surface area contributed by atoms with Crippen molar-refractivity contribution >= 4 is 5.97 Å². The second kappa shape index (κ2) is 7.44. The van der Waals surface area contributed by atoms with Crippen molar-refractivity contribution in [3.05, 3.63) is 71.4 Å². The molecule has 5 heteroatoms. The molecule has 0 fully saturated rings. The molecule has 0 aliphatic rings. The minimum atomic E-state index is -0.451. The van der Waals surface area contributed by atoms with Crippen molar-refractivity contribution in [3.8, 4) is 17.3 Å². The predicted molar refractivity (Wildman–Crippen MR) is 100 cm³/mol. The second-order valence-electron chi connectivity index (χ2n) is 6.43. The van der Waals surface area contributed by atoms with Gasteiger partial charge in [-0.25, -0.2) is 9.48 Å². The Labute approximate surface area is 153 Å². The van der Waals surface area contributed by atoms with Crippen LogP contribution in [0.2, 0.25) is 0 Å². The van der Waals surface area contributed by atoms with Crippen molar-refractivity contribution < 1.29 is 14.3 Å². The molecule has 0 atom stereocenters. The Bertz CT molecular complexity index is 911. The Kier molecular flexibility index (Phi) is 5.07. The largest absolute Gasteiger partial charge is 0.497 e. The minimum Gasteiger partial charge on any atom is -0.497 e. The number of carbonyl (C=O) groups excluding carboxylic acids is 1. The van der Waals surface area contributed by atoms with Crippen LogP contribution in [0.4, 0.5) is 0 Å². The molecule has 0 spiro atoms. The van der Waals surface area contributed by atoms with Gasteiger partial charge in [-0.3, -0.25) is 0 Å². The summed E-state index contributed by atoms with van der Waals surface area (Å²) in [7, 11) is 1.56. The van der Waals surface area contributed by atoms with Gasteiger partial charge in [0.1, 0.15) is 5.75 Å². The number of hydrogen-bond donors (Lipinski definition) is 0. The maximum Gasteiger partial charge on any atom is 0.344 e. The van der Waals surface area contributed by atoms with E-state index < -0.39 is 5.97 Å². The molecule has 0 aliphatic heterocycles. The van der Waals surface area contributed by atoms with Gasteiger partial charge in [-0.1, -0.05) is 37.6 Å². The average Bonchev–Trinajstić information content (AvgIpc) is 3.06. The lowest BCUT2D eigenvalue weighted by Crippen LogP contribution is -2.12. The molecule has 0 saturated heterocycles. The van der Waals surface area contributed by atoms with Crippen LogP contribution in [0.25, 0.3) is 5.69 Å². The van der Waals surface area contributed by atoms with Crippen LogP contribution in [0.3, 0.4) is 0 Å². The summed E-state index contributed by atoms with van der Waals surface area (Å²) in [4.78, 5) is 12.6. The van der Waals surface area contributed by atoms with Crippen LogP contribution in [0, 0.1) is 6.92 Å². The number of hydrogen-bond acceptors (Lipinski definition) is 4. The van der Waals surface area contributed by atoms with Gasteiger partial charge in [0.25, 0.3) is 0 Å². The predicted octanol–water partition coefficient (Wildman–Crippen LogP) is 4.53. The first kappa shape index (κ1) is 17.7. The Balaban J connectivity index is 1.95. The van der Waals surface area contributed by atoms with E-state index in [4.69, 9.17) is 9.47 Å². The van der Waals surface area contributed by atoms with E-state index in [9.17, 15) is 4.79 Å². The number of nitrogens with zero attached hydrogens (tertiary/aromatic N) is 2. The summed E-state index contributed by atoms with van der Waals surface area (Å²) in [5.74, 6) is 0.767. The van der Waals surface area contributed by atoms with Gasteiger partial charge in [0.05, 0.1) is 24.1 Å². The highest BCUT2D eigenvalue weighted by atomic mass is 16.5. The normalized spacial score (nSPS) is 10.8. The summed E-state index contributed by atoms with van der Waals surface area (Å²) >= 11 is 0. The molecule has 0 saturated carbocycles. The summed E-state index contributed by atoms with van der Waals surface area (Å²) < 4.78 is 12.5. The summed E-state index contributed by atoms with van der Waals surface area (Å²) in [6.07, 6.45) is 0. The van der Waals surface area contributed by atoms with Crippen molar-refractivity contribution in [2.75, 3.05) is 7.11 Å². The second-order valence-corrected chi connectivity index (χ2v) is 6.43. The van der Waals surface area contributed by atoms with E-state index in [0.717, 1.165) is 16.9 Å². The number of benzene rings is 2. The molecule has 3 aromatic rings. The fraction of sp³-hybridized carbons (Fsp3) is 0.238. The summed E-state index contributed by atoms with van der Waals surface area (Å²) in [5.41, 5.74) is 3.28. The number of methoxy groups -OCH3 is 1. The average molecular weight is 350 g/mol. The molecule has 0 amide bonds. The first-order valence-corrected chi connectivity index (χ1v) is 8.51. The van der Waals surface area contributed by atoms with Crippen molar-refractivity contribution in [1.29, 1.82) is 0 Å². The lowest BCUT2D eigenvalue weighted by molar-refractivity contribution is 0.0722. The molecule has 3 rings (SSSR count). The van der Waals surface area contributed by atoms with Crippen molar-refractivity contribution in [2.24, 2.45) is 0 Å². The van der Waals surface area contributed by atoms with Crippen LogP contribution in [-0.2, 0) is 0 Å². The van der Waals surface area contributed by atoms with E-state index in [2.05, 4.69) is 18.9 Å². The molecule has 0 aliphatic carbocycles. The van der Waals surface area contributed by atoms with Crippen LogP contribution >= 0.6 is 0 Å². The molecule has 0 bridgehead atoms. The fourth-order valence-electron chi connectivity index (χ4n) is 2.51. The summed E-state index contributed by atoms with van der Waals surface area (Å²) in [5, 5.41) is 4.60. The zero-order valence-electron chi connectivity index (χ0n) is 15.4. The lowest BCUT2D eigenvalue weighted by atomic mass is 10.1. The molecule has 0 N–H and O–H groups in total. The van der Waals surface area contributed by atoms with E-state index in [-0.39, 0.29) is 5.92 Å². The van der Waals surface area contributed by atoms with Gasteiger partial charge in [-0.15, -0.1) is 0 Å². The molecule has 1 heterocycles. The minimum absolute atomic E-state index is 0.218. The van der Waals surface area contributed by atoms with Crippen molar-refractivity contribution in [1.82, 2.24) is 9.78 Å². The third kappa shape index (κ3) is 3.77. The zero-order chi connectivity index (χ0) is 18.7. The highest BCUT2D eigenvalue weighted by Crippen LogP contribution is 2.25. The van der Waals surface area contributed by atoms with Crippen LogP contribution in [0.5, 0.6) is 11.6 Å². The molecule has 0 radical (unpaired) electrons. The van der Waals surface area contributed by atoms with Gasteiger partial charge < -0.3 is 9.47 Å². The number of carbonyl (C=O) groups is 1. The molecule has 0 unspecified atom stereocenters. The van der Waals surface area contributed by atoms with E-state index >= 15 is 0 Å². The van der Waals surface area contributed by atoms with E-state index in [1.54, 1.807) is 36.1 Å². The smallest absolute Gasteiger partial charge is 0.344 e.